The molecule has 2 aromatic carbocycles. The molecule has 4 rings (SSSR count). The van der Waals surface area contributed by atoms with Crippen molar-refractivity contribution in [3.63, 3.8) is 0 Å². The van der Waals surface area contributed by atoms with Crippen LogP contribution < -0.4 is 9.46 Å². The third-order valence-electron chi connectivity index (χ3n) is 5.89. The lowest BCUT2D eigenvalue weighted by Crippen LogP contribution is -2.44. The fourth-order valence-corrected chi connectivity index (χ4v) is 5.33. The lowest BCUT2D eigenvalue weighted by Gasteiger charge is -2.32. The molecule has 2 aromatic rings. The van der Waals surface area contributed by atoms with Crippen molar-refractivity contribution in [3.05, 3.63) is 59.7 Å². The molecule has 0 bridgehead atoms. The number of carbonyl (C=O) groups is 2. The molecule has 9 heteroatoms. The van der Waals surface area contributed by atoms with E-state index < -0.39 is 16.1 Å². The largest absolute Gasteiger partial charge is 0.497 e. The minimum Gasteiger partial charge on any atom is -0.497 e. The zero-order chi connectivity index (χ0) is 22.9. The molecule has 2 aliphatic heterocycles. The van der Waals surface area contributed by atoms with Gasteiger partial charge in [-0.05, 0) is 56.2 Å². The molecule has 1 saturated heterocycles. The third kappa shape index (κ3) is 4.25. The average Bonchev–Trinajstić information content (AvgIpc) is 3.08. The van der Waals surface area contributed by atoms with Gasteiger partial charge in [0.2, 0.25) is 5.91 Å². The second kappa shape index (κ2) is 8.74. The van der Waals surface area contributed by atoms with Gasteiger partial charge in [-0.25, -0.2) is 8.42 Å². The van der Waals surface area contributed by atoms with Gasteiger partial charge in [0, 0.05) is 30.1 Å². The van der Waals surface area contributed by atoms with E-state index in [-0.39, 0.29) is 28.3 Å². The third-order valence-corrected chi connectivity index (χ3v) is 7.29. The van der Waals surface area contributed by atoms with Crippen molar-refractivity contribution in [2.45, 2.75) is 30.7 Å². The quantitative estimate of drug-likeness (QED) is 0.696. The van der Waals surface area contributed by atoms with Crippen molar-refractivity contribution in [2.24, 2.45) is 10.9 Å². The standard InChI is InChI=1S/C23H25N3O5S/c1-15(24-22-19-5-3-4-6-20(19)32(29,30)25-22)23(28)26-13-11-17(12-14-26)21(27)16-7-9-18(31-2)10-8-16/h3-10,15,17H,11-14H2,1-2H3,(H,24,25)/t15-/m0/s1. The zero-order valence-electron chi connectivity index (χ0n) is 17.9. The summed E-state index contributed by atoms with van der Waals surface area (Å²) < 4.78 is 32.0. The average molecular weight is 456 g/mol. The normalized spacial score (nSPS) is 19.8. The van der Waals surface area contributed by atoms with Crippen LogP contribution in [0.3, 0.4) is 0 Å². The highest BCUT2D eigenvalue weighted by atomic mass is 32.2. The molecule has 2 heterocycles. The van der Waals surface area contributed by atoms with E-state index in [1.165, 1.54) is 6.07 Å². The SMILES string of the molecule is COc1ccc(C(=O)C2CCN(C(=O)[C@H](C)N=C3NS(=O)(=O)c4ccccc43)CC2)cc1. The predicted molar refractivity (Wildman–Crippen MR) is 119 cm³/mol. The van der Waals surface area contributed by atoms with Gasteiger partial charge in [0.1, 0.15) is 17.6 Å². The highest BCUT2D eigenvalue weighted by Crippen LogP contribution is 2.25. The van der Waals surface area contributed by atoms with Crippen LogP contribution in [0.15, 0.2) is 58.4 Å². The number of ether oxygens (including phenoxy) is 1. The Bertz CT molecular complexity index is 1170. The fraction of sp³-hybridized carbons (Fsp3) is 0.348. The second-order valence-electron chi connectivity index (χ2n) is 7.95. The molecule has 0 unspecified atom stereocenters. The first-order valence-electron chi connectivity index (χ1n) is 10.5. The number of hydrogen-bond donors (Lipinski definition) is 1. The van der Waals surface area contributed by atoms with Gasteiger partial charge in [0.05, 0.1) is 12.0 Å². The number of sulfonamides is 1. The number of benzene rings is 2. The Balaban J connectivity index is 1.39. The predicted octanol–water partition coefficient (Wildman–Crippen LogP) is 2.24. The lowest BCUT2D eigenvalue weighted by molar-refractivity contribution is -0.133. The number of nitrogens with zero attached hydrogens (tertiary/aromatic N) is 2. The van der Waals surface area contributed by atoms with Crippen LogP contribution in [0, 0.1) is 5.92 Å². The van der Waals surface area contributed by atoms with Crippen LogP contribution in [-0.2, 0) is 14.8 Å². The van der Waals surface area contributed by atoms with Gasteiger partial charge in [-0.2, -0.15) is 0 Å². The number of amidine groups is 1. The minimum atomic E-state index is -3.65. The molecule has 1 amide bonds. The van der Waals surface area contributed by atoms with Crippen molar-refractivity contribution < 1.29 is 22.7 Å². The summed E-state index contributed by atoms with van der Waals surface area (Å²) in [7, 11) is -2.07. The van der Waals surface area contributed by atoms with Crippen LogP contribution in [0.2, 0.25) is 0 Å². The molecule has 1 N–H and O–H groups in total. The van der Waals surface area contributed by atoms with Crippen molar-refractivity contribution in [2.75, 3.05) is 20.2 Å². The van der Waals surface area contributed by atoms with Crippen LogP contribution in [0.4, 0.5) is 0 Å². The molecule has 168 valence electrons. The van der Waals surface area contributed by atoms with E-state index in [0.717, 1.165) is 0 Å². The molecule has 1 atom stereocenters. The van der Waals surface area contributed by atoms with Crippen molar-refractivity contribution in [1.29, 1.82) is 0 Å². The van der Waals surface area contributed by atoms with Crippen LogP contribution in [-0.4, -0.2) is 57.1 Å². The first kappa shape index (κ1) is 22.0. The summed E-state index contributed by atoms with van der Waals surface area (Å²) in [6.07, 6.45) is 1.16. The van der Waals surface area contributed by atoms with Crippen molar-refractivity contribution >= 4 is 27.5 Å². The number of amides is 1. The van der Waals surface area contributed by atoms with E-state index in [2.05, 4.69) is 9.71 Å². The molecule has 0 saturated carbocycles. The number of Topliss-reactive ketones (excluding diaryl/α,β-unsaturated/α-hetero) is 1. The van der Waals surface area contributed by atoms with E-state index in [1.54, 1.807) is 61.4 Å². The van der Waals surface area contributed by atoms with Gasteiger partial charge in [0.15, 0.2) is 5.78 Å². The van der Waals surface area contributed by atoms with Crippen LogP contribution >= 0.6 is 0 Å². The summed E-state index contributed by atoms with van der Waals surface area (Å²) in [4.78, 5) is 31.9. The number of piperidine rings is 1. The molecule has 2 aliphatic rings. The van der Waals surface area contributed by atoms with E-state index in [9.17, 15) is 18.0 Å². The Morgan fingerprint density at radius 3 is 2.41 bits per heavy atom. The highest BCUT2D eigenvalue weighted by Gasteiger charge is 2.33. The van der Waals surface area contributed by atoms with Gasteiger partial charge in [-0.3, -0.25) is 19.3 Å². The van der Waals surface area contributed by atoms with E-state index in [1.807, 2.05) is 0 Å². The number of ketones is 1. The van der Waals surface area contributed by atoms with Gasteiger partial charge >= 0.3 is 0 Å². The monoisotopic (exact) mass is 455 g/mol. The number of rotatable bonds is 5. The number of fused-ring (bicyclic) bond motifs is 1. The number of likely N-dealkylation sites (tertiary alicyclic amines) is 1. The van der Waals surface area contributed by atoms with E-state index >= 15 is 0 Å². The lowest BCUT2D eigenvalue weighted by atomic mass is 9.88. The van der Waals surface area contributed by atoms with E-state index in [0.29, 0.717) is 42.8 Å². The second-order valence-corrected chi connectivity index (χ2v) is 9.60. The van der Waals surface area contributed by atoms with Crippen LogP contribution in [0.25, 0.3) is 0 Å². The summed E-state index contributed by atoms with van der Waals surface area (Å²) in [5, 5.41) is 0. The molecule has 0 aliphatic carbocycles. The van der Waals surface area contributed by atoms with Crippen LogP contribution in [0.1, 0.15) is 35.7 Å². The van der Waals surface area contributed by atoms with Gasteiger partial charge in [0.25, 0.3) is 10.0 Å². The summed E-state index contributed by atoms with van der Waals surface area (Å²) >= 11 is 0. The van der Waals surface area contributed by atoms with E-state index in [4.69, 9.17) is 4.74 Å². The summed E-state index contributed by atoms with van der Waals surface area (Å²) in [5.74, 6) is 0.639. The van der Waals surface area contributed by atoms with Crippen molar-refractivity contribution in [3.8, 4) is 5.75 Å². The van der Waals surface area contributed by atoms with Crippen molar-refractivity contribution in [1.82, 2.24) is 9.62 Å². The maximum absolute atomic E-state index is 12.9. The van der Waals surface area contributed by atoms with Crippen LogP contribution in [0.5, 0.6) is 5.75 Å². The van der Waals surface area contributed by atoms with Gasteiger partial charge < -0.3 is 9.64 Å². The first-order valence-corrected chi connectivity index (χ1v) is 12.0. The maximum atomic E-state index is 12.9. The number of methoxy groups -OCH3 is 1. The number of nitrogens with one attached hydrogen (secondary N) is 1. The maximum Gasteiger partial charge on any atom is 0.263 e. The minimum absolute atomic E-state index is 0.0741. The fourth-order valence-electron chi connectivity index (χ4n) is 4.10. The number of carbonyl (C=O) groups excluding carboxylic acids is 2. The smallest absolute Gasteiger partial charge is 0.263 e. The Morgan fingerprint density at radius 2 is 1.75 bits per heavy atom. The Labute approximate surface area is 187 Å². The Hall–Kier alpha value is -3.20. The molecule has 8 nitrogen and oxygen atoms in total. The number of aliphatic imine (C=N–C) groups is 1. The zero-order valence-corrected chi connectivity index (χ0v) is 18.8. The van der Waals surface area contributed by atoms with Gasteiger partial charge in [-0.15, -0.1) is 0 Å². The Morgan fingerprint density at radius 1 is 1.09 bits per heavy atom. The summed E-state index contributed by atoms with van der Waals surface area (Å²) in [6.45, 7) is 2.57. The van der Waals surface area contributed by atoms with Gasteiger partial charge in [-0.1, -0.05) is 12.1 Å². The topological polar surface area (TPSA) is 105 Å². The molecule has 0 radical (unpaired) electrons. The molecule has 0 aromatic heterocycles. The molecule has 32 heavy (non-hydrogen) atoms. The number of hydrogen-bond acceptors (Lipinski definition) is 6. The first-order chi connectivity index (χ1) is 15.3. The highest BCUT2D eigenvalue weighted by molar-refractivity contribution is 7.90. The molecule has 0 spiro atoms. The summed E-state index contributed by atoms with van der Waals surface area (Å²) in [6, 6.07) is 12.9. The Kier molecular flexibility index (Phi) is 6.01. The summed E-state index contributed by atoms with van der Waals surface area (Å²) in [5.41, 5.74) is 1.11. The molecular weight excluding hydrogens is 430 g/mol. The molecule has 1 fully saturated rings. The molecular formula is C23H25N3O5S.